The number of fused-ring (bicyclic) bond motifs is 1. The molecule has 0 spiro atoms. The van der Waals surface area contributed by atoms with Gasteiger partial charge in [-0.2, -0.15) is 5.10 Å². The maximum Gasteiger partial charge on any atom is 0.274 e. The van der Waals surface area contributed by atoms with Gasteiger partial charge in [0, 0.05) is 18.5 Å². The molecule has 3 rings (SSSR count). The second kappa shape index (κ2) is 4.90. The highest BCUT2D eigenvalue weighted by Crippen LogP contribution is 2.23. The zero-order chi connectivity index (χ0) is 14.2. The molecule has 1 aliphatic rings. The molecule has 0 radical (unpaired) electrons. The monoisotopic (exact) mass is 273 g/mol. The number of hydrogen-bond acceptors (Lipinski definition) is 3. The standard InChI is InChI=1S/C15H19N3O2/c1-15(20)7-4-9-18(10-8-15)14(19)13-11-5-2-3-6-12(11)16-17-13/h2-3,5-6,20H,4,7-10H2,1H3,(H,16,17). The average Bonchev–Trinajstić information content (AvgIpc) is 2.77. The van der Waals surface area contributed by atoms with E-state index < -0.39 is 5.60 Å². The van der Waals surface area contributed by atoms with Crippen LogP contribution >= 0.6 is 0 Å². The number of aromatic nitrogens is 2. The van der Waals surface area contributed by atoms with E-state index in [0.29, 0.717) is 25.2 Å². The van der Waals surface area contributed by atoms with Crippen LogP contribution in [0.5, 0.6) is 0 Å². The van der Waals surface area contributed by atoms with Crippen LogP contribution in [0.4, 0.5) is 0 Å². The van der Waals surface area contributed by atoms with E-state index in [1.165, 1.54) is 0 Å². The van der Waals surface area contributed by atoms with Crippen molar-refractivity contribution in [3.05, 3.63) is 30.0 Å². The van der Waals surface area contributed by atoms with Crippen molar-refractivity contribution in [2.45, 2.75) is 31.8 Å². The number of aliphatic hydroxyl groups is 1. The van der Waals surface area contributed by atoms with E-state index in [2.05, 4.69) is 10.2 Å². The molecule has 1 unspecified atom stereocenters. The zero-order valence-corrected chi connectivity index (χ0v) is 11.6. The molecule has 106 valence electrons. The van der Waals surface area contributed by atoms with Crippen LogP contribution in [0.2, 0.25) is 0 Å². The number of amides is 1. The van der Waals surface area contributed by atoms with Gasteiger partial charge in [-0.15, -0.1) is 0 Å². The van der Waals surface area contributed by atoms with Gasteiger partial charge in [-0.3, -0.25) is 9.89 Å². The van der Waals surface area contributed by atoms with Gasteiger partial charge < -0.3 is 10.0 Å². The molecule has 1 saturated heterocycles. The Kier molecular flexibility index (Phi) is 3.22. The van der Waals surface area contributed by atoms with Crippen LogP contribution < -0.4 is 0 Å². The number of nitrogens with zero attached hydrogens (tertiary/aromatic N) is 2. The van der Waals surface area contributed by atoms with Gasteiger partial charge in [-0.1, -0.05) is 18.2 Å². The van der Waals surface area contributed by atoms with Gasteiger partial charge in [0.05, 0.1) is 11.1 Å². The summed E-state index contributed by atoms with van der Waals surface area (Å²) in [7, 11) is 0. The van der Waals surface area contributed by atoms with Crippen molar-refractivity contribution in [3.63, 3.8) is 0 Å². The number of carbonyl (C=O) groups is 1. The minimum atomic E-state index is -0.664. The molecule has 0 bridgehead atoms. The molecule has 2 heterocycles. The van der Waals surface area contributed by atoms with Crippen LogP contribution in [0.1, 0.15) is 36.7 Å². The predicted octanol–water partition coefficient (Wildman–Crippen LogP) is 1.94. The van der Waals surface area contributed by atoms with Gasteiger partial charge in [0.1, 0.15) is 0 Å². The Morgan fingerprint density at radius 1 is 1.35 bits per heavy atom. The van der Waals surface area contributed by atoms with Crippen molar-refractivity contribution in [2.75, 3.05) is 13.1 Å². The van der Waals surface area contributed by atoms with E-state index in [4.69, 9.17) is 0 Å². The van der Waals surface area contributed by atoms with Gasteiger partial charge in [0.15, 0.2) is 5.69 Å². The lowest BCUT2D eigenvalue weighted by Crippen LogP contribution is -2.33. The third-order valence-electron chi connectivity index (χ3n) is 4.02. The summed E-state index contributed by atoms with van der Waals surface area (Å²) in [4.78, 5) is 14.4. The van der Waals surface area contributed by atoms with Crippen molar-refractivity contribution in [3.8, 4) is 0 Å². The topological polar surface area (TPSA) is 69.2 Å². The summed E-state index contributed by atoms with van der Waals surface area (Å²) in [6, 6.07) is 7.63. The molecule has 0 aliphatic carbocycles. The molecule has 1 aliphatic heterocycles. The van der Waals surface area contributed by atoms with Gasteiger partial charge in [-0.05, 0) is 32.3 Å². The first kappa shape index (κ1) is 13.1. The Balaban J connectivity index is 1.85. The summed E-state index contributed by atoms with van der Waals surface area (Å²) in [5, 5.41) is 18.0. The Labute approximate surface area is 117 Å². The molecular formula is C15H19N3O2. The third-order valence-corrected chi connectivity index (χ3v) is 4.02. The summed E-state index contributed by atoms with van der Waals surface area (Å²) in [5.41, 5.74) is 0.683. The average molecular weight is 273 g/mol. The minimum Gasteiger partial charge on any atom is -0.390 e. The smallest absolute Gasteiger partial charge is 0.274 e. The Bertz CT molecular complexity index is 633. The number of rotatable bonds is 1. The molecule has 2 aromatic rings. The summed E-state index contributed by atoms with van der Waals surface area (Å²) in [5.74, 6) is -0.0554. The molecule has 1 aromatic carbocycles. The van der Waals surface area contributed by atoms with Gasteiger partial charge >= 0.3 is 0 Å². The van der Waals surface area contributed by atoms with E-state index in [1.54, 1.807) is 4.90 Å². The highest BCUT2D eigenvalue weighted by molar-refractivity contribution is 6.04. The molecule has 1 amide bonds. The van der Waals surface area contributed by atoms with Crippen molar-refractivity contribution in [2.24, 2.45) is 0 Å². The van der Waals surface area contributed by atoms with Crippen LogP contribution in [0.25, 0.3) is 10.9 Å². The fourth-order valence-corrected chi connectivity index (χ4v) is 2.74. The molecule has 1 fully saturated rings. The van der Waals surface area contributed by atoms with E-state index in [9.17, 15) is 9.90 Å². The Morgan fingerprint density at radius 2 is 2.15 bits per heavy atom. The quantitative estimate of drug-likeness (QED) is 0.834. The number of aromatic amines is 1. The molecule has 0 saturated carbocycles. The molecule has 2 N–H and O–H groups in total. The number of likely N-dealkylation sites (tertiary alicyclic amines) is 1. The van der Waals surface area contributed by atoms with Crippen LogP contribution in [0, 0.1) is 0 Å². The number of hydrogen-bond donors (Lipinski definition) is 2. The normalized spacial score (nSPS) is 23.8. The number of para-hydroxylation sites is 1. The minimum absolute atomic E-state index is 0.0554. The van der Waals surface area contributed by atoms with Crippen molar-refractivity contribution >= 4 is 16.8 Å². The lowest BCUT2D eigenvalue weighted by molar-refractivity contribution is 0.0437. The number of H-pyrrole nitrogens is 1. The zero-order valence-electron chi connectivity index (χ0n) is 11.6. The van der Waals surface area contributed by atoms with Crippen molar-refractivity contribution < 1.29 is 9.90 Å². The van der Waals surface area contributed by atoms with Gasteiger partial charge in [0.25, 0.3) is 5.91 Å². The van der Waals surface area contributed by atoms with Crippen LogP contribution in [0.15, 0.2) is 24.3 Å². The summed E-state index contributed by atoms with van der Waals surface area (Å²) in [6.07, 6.45) is 2.17. The number of carbonyl (C=O) groups excluding carboxylic acids is 1. The summed E-state index contributed by atoms with van der Waals surface area (Å²) >= 11 is 0. The molecular weight excluding hydrogens is 254 g/mol. The third kappa shape index (κ3) is 2.41. The first-order valence-electron chi connectivity index (χ1n) is 7.02. The van der Waals surface area contributed by atoms with E-state index in [1.807, 2.05) is 31.2 Å². The predicted molar refractivity (Wildman–Crippen MR) is 76.5 cm³/mol. The van der Waals surface area contributed by atoms with Crippen LogP contribution in [0.3, 0.4) is 0 Å². The van der Waals surface area contributed by atoms with Gasteiger partial charge in [-0.25, -0.2) is 0 Å². The highest BCUT2D eigenvalue weighted by Gasteiger charge is 2.28. The van der Waals surface area contributed by atoms with Crippen molar-refractivity contribution in [1.29, 1.82) is 0 Å². The summed E-state index contributed by atoms with van der Waals surface area (Å²) < 4.78 is 0. The molecule has 1 aromatic heterocycles. The van der Waals surface area contributed by atoms with Gasteiger partial charge in [0.2, 0.25) is 0 Å². The SMILES string of the molecule is CC1(O)CCCN(C(=O)c2n[nH]c3ccccc23)CC1. The fraction of sp³-hybridized carbons (Fsp3) is 0.467. The molecule has 20 heavy (non-hydrogen) atoms. The summed E-state index contributed by atoms with van der Waals surface area (Å²) in [6.45, 7) is 3.09. The van der Waals surface area contributed by atoms with Crippen LogP contribution in [-0.2, 0) is 0 Å². The second-order valence-electron chi connectivity index (χ2n) is 5.76. The largest absolute Gasteiger partial charge is 0.390 e. The van der Waals surface area contributed by atoms with E-state index >= 15 is 0 Å². The molecule has 5 nitrogen and oxygen atoms in total. The number of nitrogens with one attached hydrogen (secondary N) is 1. The van der Waals surface area contributed by atoms with Crippen molar-refractivity contribution in [1.82, 2.24) is 15.1 Å². The first-order chi connectivity index (χ1) is 9.57. The second-order valence-corrected chi connectivity index (χ2v) is 5.76. The Hall–Kier alpha value is -1.88. The molecule has 5 heteroatoms. The number of benzene rings is 1. The van der Waals surface area contributed by atoms with E-state index in [-0.39, 0.29) is 5.91 Å². The lowest BCUT2D eigenvalue weighted by atomic mass is 9.98. The van der Waals surface area contributed by atoms with E-state index in [0.717, 1.165) is 23.7 Å². The first-order valence-corrected chi connectivity index (χ1v) is 7.02. The molecule has 1 atom stereocenters. The maximum atomic E-state index is 12.6. The maximum absolute atomic E-state index is 12.6. The van der Waals surface area contributed by atoms with Crippen LogP contribution in [-0.4, -0.2) is 44.8 Å². The highest BCUT2D eigenvalue weighted by atomic mass is 16.3. The Morgan fingerprint density at radius 3 is 3.00 bits per heavy atom. The lowest BCUT2D eigenvalue weighted by Gasteiger charge is -2.22. The fourth-order valence-electron chi connectivity index (χ4n) is 2.74.